The quantitative estimate of drug-likeness (QED) is 0.444. The number of benzene rings is 2. The molecule has 0 spiro atoms. The molecule has 30 heavy (non-hydrogen) atoms. The normalized spacial score (nSPS) is 10.5. The van der Waals surface area contributed by atoms with Crippen LogP contribution >= 0.6 is 35.0 Å². The van der Waals surface area contributed by atoms with Crippen molar-refractivity contribution in [2.24, 2.45) is 0 Å². The molecule has 0 fully saturated rings. The molecular weight excluding hydrogens is 443 g/mol. The van der Waals surface area contributed by atoms with E-state index in [9.17, 15) is 9.59 Å². The molecule has 0 aliphatic carbocycles. The van der Waals surface area contributed by atoms with Gasteiger partial charge in [-0.15, -0.1) is 0 Å². The number of carbonyl (C=O) groups excluding carboxylic acids is 2. The molecule has 1 amide bonds. The van der Waals surface area contributed by atoms with Crippen LogP contribution in [-0.2, 0) is 16.0 Å². The molecule has 0 bridgehead atoms. The van der Waals surface area contributed by atoms with Crippen LogP contribution < -0.4 is 5.32 Å². The molecule has 0 aliphatic heterocycles. The second-order valence-electron chi connectivity index (χ2n) is 6.29. The van der Waals surface area contributed by atoms with Crippen molar-refractivity contribution in [3.05, 3.63) is 82.0 Å². The second kappa shape index (κ2) is 10.5. The number of hydrogen-bond acceptors (Lipinski definition) is 5. The molecule has 0 saturated heterocycles. The largest absolute Gasteiger partial charge is 0.469 e. The van der Waals surface area contributed by atoms with E-state index in [2.05, 4.69) is 15.0 Å². The van der Waals surface area contributed by atoms with Gasteiger partial charge in [0, 0.05) is 16.9 Å². The van der Waals surface area contributed by atoms with E-state index in [-0.39, 0.29) is 11.9 Å². The molecule has 0 aliphatic rings. The third-order valence-electron chi connectivity index (χ3n) is 4.17. The maximum Gasteiger partial charge on any atom is 0.305 e. The molecule has 2 aromatic carbocycles. The van der Waals surface area contributed by atoms with Crippen LogP contribution in [0.4, 0.5) is 5.69 Å². The molecule has 1 N–H and O–H groups in total. The Labute approximate surface area is 188 Å². The number of amides is 1. The number of anilines is 1. The van der Waals surface area contributed by atoms with Crippen LogP contribution in [0.15, 0.2) is 70.7 Å². The van der Waals surface area contributed by atoms with E-state index in [4.69, 9.17) is 23.2 Å². The first-order chi connectivity index (χ1) is 14.4. The SMILES string of the molecule is COC(=O)CCc1ccc(Sc2ccc(NC(=O)c3ccc(Cl)c(Cl)c3)cn2)cc1. The third-order valence-corrected chi connectivity index (χ3v) is 5.86. The summed E-state index contributed by atoms with van der Waals surface area (Å²) >= 11 is 13.3. The Morgan fingerprint density at radius 2 is 1.80 bits per heavy atom. The summed E-state index contributed by atoms with van der Waals surface area (Å²) < 4.78 is 4.65. The van der Waals surface area contributed by atoms with Crippen LogP contribution in [0.1, 0.15) is 22.3 Å². The molecule has 3 rings (SSSR count). The summed E-state index contributed by atoms with van der Waals surface area (Å²) in [6, 6.07) is 16.3. The Bertz CT molecular complexity index is 1040. The predicted octanol–water partition coefficient (Wildman–Crippen LogP) is 5.90. The number of esters is 1. The number of halogens is 2. The van der Waals surface area contributed by atoms with Gasteiger partial charge < -0.3 is 10.1 Å². The lowest BCUT2D eigenvalue weighted by Crippen LogP contribution is -2.12. The molecule has 0 atom stereocenters. The summed E-state index contributed by atoms with van der Waals surface area (Å²) in [7, 11) is 1.39. The Hall–Kier alpha value is -2.54. The van der Waals surface area contributed by atoms with Crippen LogP contribution in [0, 0.1) is 0 Å². The standard InChI is InChI=1S/C22H18Cl2N2O3S/c1-29-21(27)11-4-14-2-7-17(8-3-14)30-20-10-6-16(13-25-20)26-22(28)15-5-9-18(23)19(24)12-15/h2-3,5-10,12-13H,4,11H2,1H3,(H,26,28). The highest BCUT2D eigenvalue weighted by Crippen LogP contribution is 2.27. The zero-order valence-electron chi connectivity index (χ0n) is 16.0. The lowest BCUT2D eigenvalue weighted by atomic mass is 10.1. The van der Waals surface area contributed by atoms with Crippen molar-refractivity contribution in [1.29, 1.82) is 0 Å². The molecule has 1 aromatic heterocycles. The van der Waals surface area contributed by atoms with Gasteiger partial charge in [-0.1, -0.05) is 47.1 Å². The van der Waals surface area contributed by atoms with Crippen molar-refractivity contribution in [1.82, 2.24) is 4.98 Å². The number of methoxy groups -OCH3 is 1. The maximum absolute atomic E-state index is 12.3. The highest BCUT2D eigenvalue weighted by Gasteiger charge is 2.09. The van der Waals surface area contributed by atoms with Gasteiger partial charge >= 0.3 is 5.97 Å². The van der Waals surface area contributed by atoms with Crippen molar-refractivity contribution in [2.75, 3.05) is 12.4 Å². The summed E-state index contributed by atoms with van der Waals surface area (Å²) in [5.41, 5.74) is 2.06. The van der Waals surface area contributed by atoms with Crippen molar-refractivity contribution in [3.8, 4) is 0 Å². The monoisotopic (exact) mass is 460 g/mol. The molecule has 154 valence electrons. The molecule has 0 saturated carbocycles. The Kier molecular flexibility index (Phi) is 7.74. The van der Waals surface area contributed by atoms with Gasteiger partial charge in [-0.05, 0) is 54.4 Å². The van der Waals surface area contributed by atoms with Crippen LogP contribution in [-0.4, -0.2) is 24.0 Å². The minimum atomic E-state index is -0.293. The van der Waals surface area contributed by atoms with Gasteiger partial charge in [0.1, 0.15) is 5.03 Å². The fourth-order valence-electron chi connectivity index (χ4n) is 2.55. The fourth-order valence-corrected chi connectivity index (χ4v) is 3.60. The molecule has 3 aromatic rings. The van der Waals surface area contributed by atoms with E-state index in [1.807, 2.05) is 30.3 Å². The number of nitrogens with zero attached hydrogens (tertiary/aromatic N) is 1. The van der Waals surface area contributed by atoms with Gasteiger partial charge in [-0.25, -0.2) is 4.98 Å². The highest BCUT2D eigenvalue weighted by molar-refractivity contribution is 7.99. The zero-order valence-corrected chi connectivity index (χ0v) is 18.4. The summed E-state index contributed by atoms with van der Waals surface area (Å²) in [5.74, 6) is -0.512. The summed E-state index contributed by atoms with van der Waals surface area (Å²) in [4.78, 5) is 29.0. The van der Waals surface area contributed by atoms with Crippen LogP contribution in [0.2, 0.25) is 10.0 Å². The van der Waals surface area contributed by atoms with E-state index in [0.717, 1.165) is 15.5 Å². The first kappa shape index (κ1) is 22.2. The first-order valence-corrected chi connectivity index (χ1v) is 10.6. The molecular formula is C22H18Cl2N2O3S. The fraction of sp³-hybridized carbons (Fsp3) is 0.136. The number of hydrogen-bond donors (Lipinski definition) is 1. The van der Waals surface area contributed by atoms with E-state index in [1.54, 1.807) is 24.4 Å². The van der Waals surface area contributed by atoms with Gasteiger partial charge in [0.2, 0.25) is 0 Å². The van der Waals surface area contributed by atoms with Crippen molar-refractivity contribution < 1.29 is 14.3 Å². The molecule has 1 heterocycles. The number of carbonyl (C=O) groups is 2. The van der Waals surface area contributed by atoms with Gasteiger partial charge in [0.15, 0.2) is 0 Å². The summed E-state index contributed by atoms with van der Waals surface area (Å²) in [6.45, 7) is 0. The smallest absolute Gasteiger partial charge is 0.305 e. The summed E-state index contributed by atoms with van der Waals surface area (Å²) in [5, 5.41) is 4.30. The molecule has 8 heteroatoms. The van der Waals surface area contributed by atoms with E-state index in [0.29, 0.717) is 34.1 Å². The van der Waals surface area contributed by atoms with Gasteiger partial charge in [0.25, 0.3) is 5.91 Å². The molecule has 0 unspecified atom stereocenters. The minimum Gasteiger partial charge on any atom is -0.469 e. The Balaban J connectivity index is 1.57. The number of ether oxygens (including phenoxy) is 1. The van der Waals surface area contributed by atoms with Crippen molar-refractivity contribution in [3.63, 3.8) is 0 Å². The summed E-state index contributed by atoms with van der Waals surface area (Å²) in [6.07, 6.45) is 2.60. The number of aryl methyl sites for hydroxylation is 1. The Morgan fingerprint density at radius 1 is 1.03 bits per heavy atom. The number of aromatic nitrogens is 1. The predicted molar refractivity (Wildman–Crippen MR) is 120 cm³/mol. The average molecular weight is 461 g/mol. The number of rotatable bonds is 7. The molecule has 0 radical (unpaired) electrons. The van der Waals surface area contributed by atoms with Crippen LogP contribution in [0.25, 0.3) is 0 Å². The van der Waals surface area contributed by atoms with E-state index < -0.39 is 0 Å². The highest BCUT2D eigenvalue weighted by atomic mass is 35.5. The van der Waals surface area contributed by atoms with Gasteiger partial charge in [-0.2, -0.15) is 0 Å². The minimum absolute atomic E-state index is 0.219. The Morgan fingerprint density at radius 3 is 2.43 bits per heavy atom. The van der Waals surface area contributed by atoms with Crippen molar-refractivity contribution >= 4 is 52.5 Å². The lowest BCUT2D eigenvalue weighted by Gasteiger charge is -2.07. The second-order valence-corrected chi connectivity index (χ2v) is 8.20. The van der Waals surface area contributed by atoms with Gasteiger partial charge in [-0.3, -0.25) is 9.59 Å². The lowest BCUT2D eigenvalue weighted by molar-refractivity contribution is -0.140. The first-order valence-electron chi connectivity index (χ1n) is 9.00. The number of nitrogens with one attached hydrogen (secondary N) is 1. The maximum atomic E-state index is 12.3. The van der Waals surface area contributed by atoms with Crippen LogP contribution in [0.3, 0.4) is 0 Å². The van der Waals surface area contributed by atoms with Crippen LogP contribution in [0.5, 0.6) is 0 Å². The molecule has 5 nitrogen and oxygen atoms in total. The van der Waals surface area contributed by atoms with Crippen molar-refractivity contribution in [2.45, 2.75) is 22.8 Å². The third kappa shape index (κ3) is 6.23. The van der Waals surface area contributed by atoms with E-state index >= 15 is 0 Å². The average Bonchev–Trinajstić information content (AvgIpc) is 2.76. The topological polar surface area (TPSA) is 68.3 Å². The van der Waals surface area contributed by atoms with E-state index in [1.165, 1.54) is 24.9 Å². The van der Waals surface area contributed by atoms with Gasteiger partial charge in [0.05, 0.1) is 29.0 Å². The number of pyridine rings is 1. The zero-order chi connectivity index (χ0) is 21.5.